The van der Waals surface area contributed by atoms with E-state index in [4.69, 9.17) is 0 Å². The van der Waals surface area contributed by atoms with E-state index in [0.29, 0.717) is 6.71 Å². The summed E-state index contributed by atoms with van der Waals surface area (Å²) in [7, 11) is -2.79. The molecular weight excluding hydrogens is 379 g/mol. The maximum atomic E-state index is 2.56. The third-order valence-corrected chi connectivity index (χ3v) is 10.8. The minimum atomic E-state index is -1.40. The van der Waals surface area contributed by atoms with Gasteiger partial charge in [0.05, 0.1) is 16.1 Å². The number of aryl methyl sites for hydroxylation is 2. The Balaban J connectivity index is 2.05. The highest BCUT2D eigenvalue weighted by atomic mass is 28.3. The van der Waals surface area contributed by atoms with Crippen molar-refractivity contribution < 1.29 is 0 Å². The van der Waals surface area contributed by atoms with Crippen molar-refractivity contribution in [3.05, 3.63) is 65.7 Å². The molecule has 0 bridgehead atoms. The van der Waals surface area contributed by atoms with Crippen LogP contribution in [-0.4, -0.2) is 22.9 Å². The van der Waals surface area contributed by atoms with Gasteiger partial charge in [0, 0.05) is 0 Å². The van der Waals surface area contributed by atoms with Crippen LogP contribution in [0.5, 0.6) is 0 Å². The van der Waals surface area contributed by atoms with Gasteiger partial charge in [-0.3, -0.25) is 0 Å². The van der Waals surface area contributed by atoms with E-state index in [1.807, 2.05) is 0 Å². The number of hydrogen-bond donors (Lipinski definition) is 0. The van der Waals surface area contributed by atoms with Crippen LogP contribution in [0.25, 0.3) is 11.1 Å². The zero-order chi connectivity index (χ0) is 21.1. The highest BCUT2D eigenvalue weighted by Gasteiger charge is 2.36. The Kier molecular flexibility index (Phi) is 4.83. The Hall–Kier alpha value is -1.84. The van der Waals surface area contributed by atoms with Crippen LogP contribution in [0.4, 0.5) is 0 Å². The quantitative estimate of drug-likeness (QED) is 0.448. The molecule has 0 aliphatic carbocycles. The molecule has 0 saturated heterocycles. The van der Waals surface area contributed by atoms with Crippen molar-refractivity contribution in [1.29, 1.82) is 0 Å². The van der Waals surface area contributed by atoms with Crippen LogP contribution < -0.4 is 26.8 Å². The molecule has 1 heterocycles. The smallest absolute Gasteiger partial charge is 0.0686 e. The molecule has 4 rings (SSSR count). The summed E-state index contributed by atoms with van der Waals surface area (Å²) in [5, 5.41) is 3.21. The summed E-state index contributed by atoms with van der Waals surface area (Å²) in [5.41, 5.74) is 10.3. The van der Waals surface area contributed by atoms with Crippen molar-refractivity contribution in [3.8, 4) is 11.1 Å². The zero-order valence-electron chi connectivity index (χ0n) is 19.3. The van der Waals surface area contributed by atoms with Crippen molar-refractivity contribution in [2.45, 2.75) is 53.1 Å². The van der Waals surface area contributed by atoms with E-state index in [1.54, 1.807) is 10.4 Å². The fourth-order valence-electron chi connectivity index (χ4n) is 5.19. The molecule has 0 unspecified atom stereocenters. The Morgan fingerprint density at radius 1 is 0.586 bits per heavy atom. The summed E-state index contributed by atoms with van der Waals surface area (Å²) in [6.45, 7) is 19.8. The van der Waals surface area contributed by atoms with Gasteiger partial charge in [-0.25, -0.2) is 0 Å². The molecule has 1 aliphatic heterocycles. The SMILES string of the molecule is Cc1cc2c(cc1[Si](C)(C)C)-c1cc([Si](C)(C)C)c(C)cc1B2c1ccccc1. The normalized spacial score (nSPS) is 13.4. The summed E-state index contributed by atoms with van der Waals surface area (Å²) < 4.78 is 0. The summed E-state index contributed by atoms with van der Waals surface area (Å²) in [5.74, 6) is 0. The van der Waals surface area contributed by atoms with Crippen molar-refractivity contribution in [2.75, 3.05) is 0 Å². The first-order valence-electron chi connectivity index (χ1n) is 10.8. The molecule has 0 nitrogen and oxygen atoms in total. The van der Waals surface area contributed by atoms with E-state index in [1.165, 1.54) is 38.6 Å². The minimum absolute atomic E-state index is 0.352. The molecule has 0 aromatic heterocycles. The lowest BCUT2D eigenvalue weighted by molar-refractivity contribution is 1.50. The van der Waals surface area contributed by atoms with Gasteiger partial charge in [0.2, 0.25) is 6.71 Å². The van der Waals surface area contributed by atoms with Crippen LogP contribution in [0.1, 0.15) is 11.1 Å². The molecule has 0 atom stereocenters. The lowest BCUT2D eigenvalue weighted by atomic mass is 9.39. The molecule has 1 aliphatic rings. The van der Waals surface area contributed by atoms with Crippen molar-refractivity contribution in [3.63, 3.8) is 0 Å². The molecule has 0 amide bonds. The van der Waals surface area contributed by atoms with Crippen LogP contribution in [0.3, 0.4) is 0 Å². The zero-order valence-corrected chi connectivity index (χ0v) is 21.3. The van der Waals surface area contributed by atoms with Crippen LogP contribution in [-0.2, 0) is 0 Å². The molecule has 0 fully saturated rings. The number of rotatable bonds is 3. The summed E-state index contributed by atoms with van der Waals surface area (Å²) >= 11 is 0. The van der Waals surface area contributed by atoms with Crippen LogP contribution in [0.2, 0.25) is 39.3 Å². The second-order valence-electron chi connectivity index (χ2n) is 10.9. The van der Waals surface area contributed by atoms with Crippen molar-refractivity contribution >= 4 is 49.6 Å². The number of fused-ring (bicyclic) bond motifs is 3. The van der Waals surface area contributed by atoms with E-state index >= 15 is 0 Å². The van der Waals surface area contributed by atoms with E-state index in [2.05, 4.69) is 108 Å². The van der Waals surface area contributed by atoms with Gasteiger partial charge >= 0.3 is 0 Å². The average molecular weight is 413 g/mol. The van der Waals surface area contributed by atoms with Crippen LogP contribution in [0, 0.1) is 13.8 Å². The van der Waals surface area contributed by atoms with Crippen molar-refractivity contribution in [1.82, 2.24) is 0 Å². The molecule has 0 N–H and O–H groups in total. The fraction of sp³-hybridized carbons (Fsp3) is 0.308. The Morgan fingerprint density at radius 3 is 1.38 bits per heavy atom. The topological polar surface area (TPSA) is 0 Å². The van der Waals surface area contributed by atoms with Gasteiger partial charge in [-0.2, -0.15) is 0 Å². The molecule has 3 heteroatoms. The average Bonchev–Trinajstić information content (AvgIpc) is 2.91. The van der Waals surface area contributed by atoms with Gasteiger partial charge in [-0.1, -0.05) is 132 Å². The standard InChI is InChI=1S/C26H33BSi2/c1-18-14-23-21(16-25(18)28(3,4)5)22-17-26(29(6,7)8)19(2)15-24(22)27(23)20-12-10-9-11-13-20/h9-17H,1-8H3. The predicted octanol–water partition coefficient (Wildman–Crippen LogP) is 3.89. The molecule has 0 spiro atoms. The summed E-state index contributed by atoms with van der Waals surface area (Å²) in [6.07, 6.45) is 0. The van der Waals surface area contributed by atoms with Gasteiger partial charge < -0.3 is 0 Å². The highest BCUT2D eigenvalue weighted by molar-refractivity contribution is 6.99. The lowest BCUT2D eigenvalue weighted by Crippen LogP contribution is -2.50. The largest absolute Gasteiger partial charge is 0.242 e. The highest BCUT2D eigenvalue weighted by Crippen LogP contribution is 2.25. The maximum absolute atomic E-state index is 2.56. The predicted molar refractivity (Wildman–Crippen MR) is 138 cm³/mol. The van der Waals surface area contributed by atoms with Gasteiger partial charge in [-0.15, -0.1) is 0 Å². The molecule has 3 aromatic rings. The summed E-state index contributed by atoms with van der Waals surface area (Å²) in [6, 6.07) is 21.2. The first-order chi connectivity index (χ1) is 13.5. The van der Waals surface area contributed by atoms with E-state index in [0.717, 1.165) is 0 Å². The van der Waals surface area contributed by atoms with Crippen LogP contribution in [0.15, 0.2) is 54.6 Å². The monoisotopic (exact) mass is 412 g/mol. The Bertz CT molecular complexity index is 1020. The Morgan fingerprint density at radius 2 is 1.00 bits per heavy atom. The van der Waals surface area contributed by atoms with Gasteiger partial charge in [-0.05, 0) is 25.0 Å². The van der Waals surface area contributed by atoms with E-state index < -0.39 is 16.1 Å². The third-order valence-electron chi connectivity index (χ3n) is 6.45. The van der Waals surface area contributed by atoms with Crippen molar-refractivity contribution in [2.24, 2.45) is 0 Å². The van der Waals surface area contributed by atoms with Gasteiger partial charge in [0.15, 0.2) is 0 Å². The molecule has 0 radical (unpaired) electrons. The number of benzene rings is 3. The van der Waals surface area contributed by atoms with E-state index in [9.17, 15) is 0 Å². The minimum Gasteiger partial charge on any atom is -0.0686 e. The lowest BCUT2D eigenvalue weighted by Gasteiger charge is -2.23. The molecular formula is C26H33BSi2. The van der Waals surface area contributed by atoms with Gasteiger partial charge in [0.25, 0.3) is 0 Å². The Labute approximate surface area is 179 Å². The first kappa shape index (κ1) is 20.4. The number of hydrogen-bond acceptors (Lipinski definition) is 0. The summed E-state index contributed by atoms with van der Waals surface area (Å²) in [4.78, 5) is 0. The first-order valence-corrected chi connectivity index (χ1v) is 17.8. The third kappa shape index (κ3) is 3.49. The van der Waals surface area contributed by atoms with E-state index in [-0.39, 0.29) is 0 Å². The second kappa shape index (κ2) is 6.85. The van der Waals surface area contributed by atoms with Crippen LogP contribution >= 0.6 is 0 Å². The second-order valence-corrected chi connectivity index (χ2v) is 20.9. The maximum Gasteiger partial charge on any atom is 0.242 e. The van der Waals surface area contributed by atoms with Gasteiger partial charge in [0.1, 0.15) is 0 Å². The molecule has 3 aromatic carbocycles. The molecule has 148 valence electrons. The molecule has 0 saturated carbocycles. The molecule has 29 heavy (non-hydrogen) atoms. The fourth-order valence-corrected chi connectivity index (χ4v) is 8.86.